The van der Waals surface area contributed by atoms with Crippen LogP contribution in [0.4, 0.5) is 17.1 Å². The minimum atomic E-state index is 0.605. The molecular weight excluding hydrogens is 615 g/mol. The van der Waals surface area contributed by atoms with E-state index in [2.05, 4.69) is 187 Å². The maximum Gasteiger partial charge on any atom is 0.0540 e. The molecule has 0 heterocycles. The van der Waals surface area contributed by atoms with Crippen molar-refractivity contribution in [2.75, 3.05) is 4.90 Å². The fraction of sp³-hybridized carbons (Fsp3) is 0.120. The summed E-state index contributed by atoms with van der Waals surface area (Å²) in [5.74, 6) is 0.605. The first-order chi connectivity index (χ1) is 25.3. The summed E-state index contributed by atoms with van der Waals surface area (Å²) in [6.07, 6.45) is 6.54. The Morgan fingerprint density at radius 3 is 1.75 bits per heavy atom. The summed E-state index contributed by atoms with van der Waals surface area (Å²) in [6, 6.07) is 67.0. The van der Waals surface area contributed by atoms with Crippen LogP contribution in [-0.4, -0.2) is 0 Å². The van der Waals surface area contributed by atoms with Crippen molar-refractivity contribution in [1.82, 2.24) is 0 Å². The zero-order valence-electron chi connectivity index (χ0n) is 28.9. The highest BCUT2D eigenvalue weighted by molar-refractivity contribution is 6.04. The molecule has 9 rings (SSSR count). The molecule has 8 aromatic carbocycles. The normalized spacial score (nSPS) is 13.4. The van der Waals surface area contributed by atoms with Crippen molar-refractivity contribution in [1.29, 1.82) is 0 Å². The lowest BCUT2D eigenvalue weighted by Gasteiger charge is -2.31. The van der Waals surface area contributed by atoms with E-state index in [1.165, 1.54) is 98.3 Å². The number of hydrogen-bond donors (Lipinski definition) is 0. The zero-order valence-corrected chi connectivity index (χ0v) is 28.9. The van der Waals surface area contributed by atoms with Crippen molar-refractivity contribution >= 4 is 38.6 Å². The SMILES string of the molecule is c1ccc(-c2ccccc2N(c2ccc(-c3ccc4ccccc4c3)cc2)c2ccccc2-c2cccc3cccc(C4CCCCC4)c23)cc1. The Morgan fingerprint density at radius 1 is 0.373 bits per heavy atom. The molecule has 1 fully saturated rings. The third-order valence-electron chi connectivity index (χ3n) is 10.9. The molecule has 1 saturated carbocycles. The highest BCUT2D eigenvalue weighted by Crippen LogP contribution is 2.47. The van der Waals surface area contributed by atoms with Crippen LogP contribution >= 0.6 is 0 Å². The van der Waals surface area contributed by atoms with Gasteiger partial charge in [0.1, 0.15) is 0 Å². The van der Waals surface area contributed by atoms with Gasteiger partial charge in [0.05, 0.1) is 11.4 Å². The minimum Gasteiger partial charge on any atom is -0.309 e. The van der Waals surface area contributed by atoms with Gasteiger partial charge in [-0.1, -0.05) is 171 Å². The van der Waals surface area contributed by atoms with E-state index >= 15 is 0 Å². The van der Waals surface area contributed by atoms with Crippen molar-refractivity contribution in [3.05, 3.63) is 188 Å². The smallest absolute Gasteiger partial charge is 0.0540 e. The quantitative estimate of drug-likeness (QED) is 0.165. The van der Waals surface area contributed by atoms with E-state index < -0.39 is 0 Å². The standard InChI is InChI=1S/C50H41N/c1-3-16-38(17-4-1)44-23-9-11-27-48(44)51(43-33-31-37(32-34-43)42-30-29-36-15-7-8-20-41(36)35-42)49-28-12-10-24-46(49)47-26-14-22-40-21-13-25-45(50(40)47)39-18-5-2-6-19-39/h1,3-4,7-17,20-35,39H,2,5-6,18-19H2. The Bertz CT molecular complexity index is 2450. The average molecular weight is 656 g/mol. The van der Waals surface area contributed by atoms with Crippen molar-refractivity contribution < 1.29 is 0 Å². The Kier molecular flexibility index (Phi) is 8.39. The van der Waals surface area contributed by atoms with E-state index in [9.17, 15) is 0 Å². The third kappa shape index (κ3) is 6.00. The van der Waals surface area contributed by atoms with Crippen LogP contribution in [0.1, 0.15) is 43.6 Å². The van der Waals surface area contributed by atoms with Crippen LogP contribution < -0.4 is 4.90 Å². The molecular formula is C50H41N. The second-order valence-corrected chi connectivity index (χ2v) is 13.9. The molecule has 0 aliphatic heterocycles. The summed E-state index contributed by atoms with van der Waals surface area (Å²) in [4.78, 5) is 2.48. The van der Waals surface area contributed by atoms with Gasteiger partial charge in [-0.3, -0.25) is 0 Å². The number of anilines is 3. The van der Waals surface area contributed by atoms with E-state index in [0.29, 0.717) is 5.92 Å². The highest BCUT2D eigenvalue weighted by atomic mass is 15.1. The molecule has 0 N–H and O–H groups in total. The predicted octanol–water partition coefficient (Wildman–Crippen LogP) is 14.5. The topological polar surface area (TPSA) is 3.24 Å². The van der Waals surface area contributed by atoms with Gasteiger partial charge in [0.15, 0.2) is 0 Å². The van der Waals surface area contributed by atoms with Crippen LogP contribution in [0.3, 0.4) is 0 Å². The van der Waals surface area contributed by atoms with Crippen LogP contribution in [-0.2, 0) is 0 Å². The molecule has 0 bridgehead atoms. The first-order valence-corrected chi connectivity index (χ1v) is 18.5. The number of benzene rings is 8. The van der Waals surface area contributed by atoms with Gasteiger partial charge in [-0.2, -0.15) is 0 Å². The monoisotopic (exact) mass is 655 g/mol. The lowest BCUT2D eigenvalue weighted by molar-refractivity contribution is 0.445. The Hall–Kier alpha value is -5.92. The molecule has 0 unspecified atom stereocenters. The predicted molar refractivity (Wildman–Crippen MR) is 218 cm³/mol. The van der Waals surface area contributed by atoms with Gasteiger partial charge in [-0.15, -0.1) is 0 Å². The van der Waals surface area contributed by atoms with Crippen molar-refractivity contribution in [2.45, 2.75) is 38.0 Å². The van der Waals surface area contributed by atoms with E-state index in [0.717, 1.165) is 11.4 Å². The Labute approximate surface area is 301 Å². The molecule has 0 saturated heterocycles. The summed E-state index contributed by atoms with van der Waals surface area (Å²) in [5, 5.41) is 5.25. The Morgan fingerprint density at radius 2 is 0.961 bits per heavy atom. The summed E-state index contributed by atoms with van der Waals surface area (Å²) in [6.45, 7) is 0. The largest absolute Gasteiger partial charge is 0.309 e. The molecule has 8 aromatic rings. The van der Waals surface area contributed by atoms with E-state index in [1.54, 1.807) is 0 Å². The number of nitrogens with zero attached hydrogens (tertiary/aromatic N) is 1. The molecule has 1 heteroatoms. The number of rotatable bonds is 7. The lowest BCUT2D eigenvalue weighted by atomic mass is 9.80. The summed E-state index contributed by atoms with van der Waals surface area (Å²) in [5.41, 5.74) is 12.3. The van der Waals surface area contributed by atoms with Crippen molar-refractivity contribution in [3.63, 3.8) is 0 Å². The molecule has 0 aromatic heterocycles. The molecule has 51 heavy (non-hydrogen) atoms. The third-order valence-corrected chi connectivity index (χ3v) is 10.9. The van der Waals surface area contributed by atoms with Crippen molar-refractivity contribution in [3.8, 4) is 33.4 Å². The first-order valence-electron chi connectivity index (χ1n) is 18.5. The number of hydrogen-bond acceptors (Lipinski definition) is 1. The molecule has 0 amide bonds. The van der Waals surface area contributed by atoms with Crippen LogP contribution in [0, 0.1) is 0 Å². The summed E-state index contributed by atoms with van der Waals surface area (Å²) >= 11 is 0. The van der Waals surface area contributed by atoms with Gasteiger partial charge < -0.3 is 4.90 Å². The van der Waals surface area contributed by atoms with Crippen LogP contribution in [0.5, 0.6) is 0 Å². The van der Waals surface area contributed by atoms with Crippen LogP contribution in [0.25, 0.3) is 54.9 Å². The van der Waals surface area contributed by atoms with Gasteiger partial charge in [-0.25, -0.2) is 0 Å². The zero-order chi connectivity index (χ0) is 34.0. The molecule has 0 spiro atoms. The first kappa shape index (κ1) is 31.1. The van der Waals surface area contributed by atoms with Crippen LogP contribution in [0.2, 0.25) is 0 Å². The van der Waals surface area contributed by atoms with E-state index in [4.69, 9.17) is 0 Å². The van der Waals surface area contributed by atoms with Gasteiger partial charge in [0.2, 0.25) is 0 Å². The number of fused-ring (bicyclic) bond motifs is 2. The molecule has 1 aliphatic rings. The second kappa shape index (κ2) is 13.8. The minimum absolute atomic E-state index is 0.605. The lowest BCUT2D eigenvalue weighted by Crippen LogP contribution is -2.12. The molecule has 1 nitrogen and oxygen atoms in total. The van der Waals surface area contributed by atoms with Gasteiger partial charge in [0, 0.05) is 16.8 Å². The maximum atomic E-state index is 2.48. The van der Waals surface area contributed by atoms with Gasteiger partial charge >= 0.3 is 0 Å². The summed E-state index contributed by atoms with van der Waals surface area (Å²) < 4.78 is 0. The fourth-order valence-corrected chi connectivity index (χ4v) is 8.35. The highest BCUT2D eigenvalue weighted by Gasteiger charge is 2.24. The molecule has 0 radical (unpaired) electrons. The average Bonchev–Trinajstić information content (AvgIpc) is 3.22. The van der Waals surface area contributed by atoms with Crippen LogP contribution in [0.15, 0.2) is 182 Å². The van der Waals surface area contributed by atoms with Gasteiger partial charge in [0.25, 0.3) is 0 Å². The van der Waals surface area contributed by atoms with Gasteiger partial charge in [-0.05, 0) is 98.5 Å². The fourth-order valence-electron chi connectivity index (χ4n) is 8.35. The Balaban J connectivity index is 1.24. The molecule has 246 valence electrons. The van der Waals surface area contributed by atoms with Crippen molar-refractivity contribution in [2.24, 2.45) is 0 Å². The molecule has 0 atom stereocenters. The summed E-state index contributed by atoms with van der Waals surface area (Å²) in [7, 11) is 0. The maximum absolute atomic E-state index is 2.48. The molecule has 1 aliphatic carbocycles. The second-order valence-electron chi connectivity index (χ2n) is 13.9. The van der Waals surface area contributed by atoms with E-state index in [1.807, 2.05) is 0 Å². The van der Waals surface area contributed by atoms with E-state index in [-0.39, 0.29) is 0 Å². The number of para-hydroxylation sites is 2.